The van der Waals surface area contributed by atoms with E-state index >= 15 is 0 Å². The van der Waals surface area contributed by atoms with Crippen LogP contribution < -0.4 is 14.4 Å². The van der Waals surface area contributed by atoms with Crippen molar-refractivity contribution in [3.8, 4) is 21.9 Å². The van der Waals surface area contributed by atoms with Gasteiger partial charge in [-0.2, -0.15) is 4.91 Å². The summed E-state index contributed by atoms with van der Waals surface area (Å²) in [5.74, 6) is -2.39. The first-order valence-electron chi connectivity index (χ1n) is 10.5. The molecule has 1 amide bonds. The molecule has 2 aliphatic rings. The molecule has 1 saturated carbocycles. The van der Waals surface area contributed by atoms with Gasteiger partial charge in [-0.1, -0.05) is 28.9 Å². The van der Waals surface area contributed by atoms with Crippen molar-refractivity contribution >= 4 is 34.5 Å². The monoisotopic (exact) mass is 504 g/mol. The Morgan fingerprint density at radius 2 is 1.85 bits per heavy atom. The minimum Gasteiger partial charge on any atom is -0.493 e. The summed E-state index contributed by atoms with van der Waals surface area (Å²) in [6.07, 6.45) is -1.26. The zero-order valence-electron chi connectivity index (χ0n) is 18.0. The number of anilines is 1. The fourth-order valence-corrected chi connectivity index (χ4v) is 5.57. The number of fused-ring (bicyclic) bond motifs is 1. The smallest absolute Gasteiger partial charge is 0.269 e. The van der Waals surface area contributed by atoms with Gasteiger partial charge in [0.1, 0.15) is 12.1 Å². The zero-order valence-corrected chi connectivity index (χ0v) is 19.6. The van der Waals surface area contributed by atoms with Crippen LogP contribution in [0.5, 0.6) is 11.5 Å². The van der Waals surface area contributed by atoms with Crippen LogP contribution in [0.15, 0.2) is 53.7 Å². The predicted octanol–water partition coefficient (Wildman–Crippen LogP) is 6.55. The molecule has 1 aliphatic heterocycles. The number of nitroso groups, excluding NO2 is 1. The molecule has 0 atom stereocenters. The van der Waals surface area contributed by atoms with Crippen molar-refractivity contribution < 1.29 is 23.0 Å². The Kier molecular flexibility index (Phi) is 5.56. The standard InChI is InChI=1S/C24H19ClF2N2O4S/c1-32-19-9-17(6-7-18(19)33-13-23(28-31)11-24(26,27)12-23)29-10-15-8-20(34-21(15)22(29)30)14-2-4-16(25)5-3-14/h2-9H,10-13H2,1H3. The summed E-state index contributed by atoms with van der Waals surface area (Å²) in [5.41, 5.74) is 1.11. The maximum absolute atomic E-state index is 13.3. The molecule has 0 radical (unpaired) electrons. The van der Waals surface area contributed by atoms with E-state index in [1.165, 1.54) is 18.4 Å². The molecule has 176 valence electrons. The maximum atomic E-state index is 13.3. The maximum Gasteiger partial charge on any atom is 0.269 e. The molecule has 1 fully saturated rings. The van der Waals surface area contributed by atoms with Crippen molar-refractivity contribution in [2.45, 2.75) is 30.8 Å². The van der Waals surface area contributed by atoms with Gasteiger partial charge in [-0.25, -0.2) is 8.78 Å². The number of benzene rings is 2. The van der Waals surface area contributed by atoms with Gasteiger partial charge in [0.25, 0.3) is 11.8 Å². The first-order chi connectivity index (χ1) is 16.2. The third-order valence-electron chi connectivity index (χ3n) is 6.03. The average Bonchev–Trinajstić information content (AvgIpc) is 3.36. The minimum absolute atomic E-state index is 0.114. The van der Waals surface area contributed by atoms with E-state index in [0.29, 0.717) is 27.9 Å². The summed E-state index contributed by atoms with van der Waals surface area (Å²) >= 11 is 7.40. The number of halogens is 3. The Morgan fingerprint density at radius 1 is 1.12 bits per heavy atom. The number of carbonyl (C=O) groups excluding carboxylic acids is 1. The Hall–Kier alpha value is -3.04. The Morgan fingerprint density at radius 3 is 2.47 bits per heavy atom. The second kappa shape index (κ2) is 8.32. The van der Waals surface area contributed by atoms with Gasteiger partial charge < -0.3 is 14.4 Å². The molecule has 2 heterocycles. The van der Waals surface area contributed by atoms with Gasteiger partial charge in [0.15, 0.2) is 11.5 Å². The molecule has 0 N–H and O–H groups in total. The highest BCUT2D eigenvalue weighted by atomic mass is 35.5. The molecule has 5 rings (SSSR count). The summed E-state index contributed by atoms with van der Waals surface area (Å²) in [7, 11) is 1.44. The number of amides is 1. The number of rotatable bonds is 7. The first kappa shape index (κ1) is 22.7. The lowest BCUT2D eigenvalue weighted by molar-refractivity contribution is -0.131. The number of carbonyl (C=O) groups is 1. The van der Waals surface area contributed by atoms with Crippen LogP contribution >= 0.6 is 22.9 Å². The Labute approximate surface area is 203 Å². The van der Waals surface area contributed by atoms with Crippen molar-refractivity contribution in [2.75, 3.05) is 18.6 Å². The normalized spacial score (nSPS) is 17.8. The summed E-state index contributed by atoms with van der Waals surface area (Å²) in [5, 5.41) is 3.53. The molecule has 6 nitrogen and oxygen atoms in total. The molecule has 34 heavy (non-hydrogen) atoms. The van der Waals surface area contributed by atoms with E-state index < -0.39 is 24.3 Å². The second-order valence-electron chi connectivity index (χ2n) is 8.51. The van der Waals surface area contributed by atoms with Crippen molar-refractivity contribution in [1.29, 1.82) is 0 Å². The number of ether oxygens (including phenoxy) is 2. The molecule has 2 aromatic carbocycles. The number of hydrogen-bond donors (Lipinski definition) is 0. The van der Waals surface area contributed by atoms with Crippen molar-refractivity contribution in [3.05, 3.63) is 68.9 Å². The number of thiophene rings is 1. The molecule has 0 unspecified atom stereocenters. The van der Waals surface area contributed by atoms with E-state index in [1.54, 1.807) is 23.1 Å². The van der Waals surface area contributed by atoms with E-state index in [9.17, 15) is 18.5 Å². The summed E-state index contributed by atoms with van der Waals surface area (Å²) in [4.78, 5) is 27.5. The first-order valence-corrected chi connectivity index (χ1v) is 11.7. The van der Waals surface area contributed by atoms with E-state index in [2.05, 4.69) is 5.18 Å². The van der Waals surface area contributed by atoms with Gasteiger partial charge in [0, 0.05) is 34.5 Å². The third kappa shape index (κ3) is 4.03. The van der Waals surface area contributed by atoms with Gasteiger partial charge in [0.2, 0.25) is 0 Å². The highest BCUT2D eigenvalue weighted by Gasteiger charge is 2.59. The van der Waals surface area contributed by atoms with Gasteiger partial charge in [-0.3, -0.25) is 4.79 Å². The molecule has 0 saturated heterocycles. The van der Waals surface area contributed by atoms with Gasteiger partial charge in [-0.15, -0.1) is 11.3 Å². The van der Waals surface area contributed by atoms with Crippen LogP contribution in [-0.4, -0.2) is 31.1 Å². The fraction of sp³-hybridized carbons (Fsp3) is 0.292. The highest BCUT2D eigenvalue weighted by Crippen LogP contribution is 2.48. The second-order valence-corrected chi connectivity index (χ2v) is 10.0. The average molecular weight is 505 g/mol. The molecule has 10 heteroatoms. The highest BCUT2D eigenvalue weighted by molar-refractivity contribution is 7.17. The SMILES string of the molecule is COc1cc(N2Cc3cc(-c4ccc(Cl)cc4)sc3C2=O)ccc1OCC1(N=O)CC(F)(F)C1. The van der Waals surface area contributed by atoms with Crippen LogP contribution in [0.4, 0.5) is 14.5 Å². The number of methoxy groups -OCH3 is 1. The third-order valence-corrected chi connectivity index (χ3v) is 7.50. The lowest BCUT2D eigenvalue weighted by atomic mass is 9.75. The van der Waals surface area contributed by atoms with E-state index in [0.717, 1.165) is 16.0 Å². The van der Waals surface area contributed by atoms with Crippen LogP contribution in [0.25, 0.3) is 10.4 Å². The van der Waals surface area contributed by atoms with Gasteiger partial charge >= 0.3 is 0 Å². The van der Waals surface area contributed by atoms with E-state index in [1.807, 2.05) is 30.3 Å². The van der Waals surface area contributed by atoms with Crippen LogP contribution in [0.1, 0.15) is 28.1 Å². The molecular weight excluding hydrogens is 486 g/mol. The number of alkyl halides is 2. The Balaban J connectivity index is 1.32. The summed E-state index contributed by atoms with van der Waals surface area (Å²) in [6.45, 7) is 0.143. The van der Waals surface area contributed by atoms with Crippen molar-refractivity contribution in [2.24, 2.45) is 5.18 Å². The van der Waals surface area contributed by atoms with Gasteiger partial charge in [0.05, 0.1) is 18.5 Å². The topological polar surface area (TPSA) is 68.2 Å². The molecule has 0 spiro atoms. The predicted molar refractivity (Wildman–Crippen MR) is 126 cm³/mol. The van der Waals surface area contributed by atoms with E-state index in [-0.39, 0.29) is 18.3 Å². The quantitative estimate of drug-likeness (QED) is 0.342. The Bertz CT molecular complexity index is 1270. The molecule has 1 aromatic heterocycles. The molecule has 3 aromatic rings. The van der Waals surface area contributed by atoms with Crippen LogP contribution in [0.2, 0.25) is 5.02 Å². The number of nitrogens with zero attached hydrogens (tertiary/aromatic N) is 2. The molecule has 0 bridgehead atoms. The minimum atomic E-state index is -2.89. The van der Waals surface area contributed by atoms with E-state index in [4.69, 9.17) is 21.1 Å². The summed E-state index contributed by atoms with van der Waals surface area (Å²) < 4.78 is 37.5. The van der Waals surface area contributed by atoms with Crippen LogP contribution in [0, 0.1) is 4.91 Å². The zero-order chi connectivity index (χ0) is 24.1. The fourth-order valence-electron chi connectivity index (χ4n) is 4.32. The number of hydrogen-bond acceptors (Lipinski definition) is 6. The van der Waals surface area contributed by atoms with Crippen LogP contribution in [-0.2, 0) is 6.54 Å². The molecule has 1 aliphatic carbocycles. The lowest BCUT2D eigenvalue weighted by Gasteiger charge is -2.41. The van der Waals surface area contributed by atoms with Crippen molar-refractivity contribution in [1.82, 2.24) is 0 Å². The van der Waals surface area contributed by atoms with Gasteiger partial charge in [-0.05, 0) is 41.5 Å². The summed E-state index contributed by atoms with van der Waals surface area (Å²) in [6, 6.07) is 14.4. The largest absolute Gasteiger partial charge is 0.493 e. The molecular formula is C24H19ClF2N2O4S. The van der Waals surface area contributed by atoms with Crippen molar-refractivity contribution in [3.63, 3.8) is 0 Å². The lowest BCUT2D eigenvalue weighted by Crippen LogP contribution is -2.53. The van der Waals surface area contributed by atoms with Crippen LogP contribution in [0.3, 0.4) is 0 Å².